The van der Waals surface area contributed by atoms with Gasteiger partial charge in [-0.3, -0.25) is 9.52 Å². The Labute approximate surface area is 157 Å². The van der Waals surface area contributed by atoms with Crippen LogP contribution in [0.5, 0.6) is 0 Å². The number of amides is 1. The Bertz CT molecular complexity index is 1050. The minimum absolute atomic E-state index is 0.0884. The first-order chi connectivity index (χ1) is 12.3. The molecule has 0 aliphatic carbocycles. The molecule has 0 fully saturated rings. The van der Waals surface area contributed by atoms with E-state index in [0.717, 1.165) is 27.4 Å². The summed E-state index contributed by atoms with van der Waals surface area (Å²) in [6.45, 7) is 0. The molecule has 1 amide bonds. The van der Waals surface area contributed by atoms with Gasteiger partial charge in [-0.25, -0.2) is 8.42 Å². The van der Waals surface area contributed by atoms with Crippen molar-refractivity contribution in [3.8, 4) is 0 Å². The minimum Gasteiger partial charge on any atom is -0.339 e. The summed E-state index contributed by atoms with van der Waals surface area (Å²) in [6.07, 6.45) is 0. The molecule has 1 N–H and O–H groups in total. The van der Waals surface area contributed by atoms with E-state index in [1.54, 1.807) is 56.6 Å². The summed E-state index contributed by atoms with van der Waals surface area (Å²) in [7, 11) is -0.322. The molecule has 134 valence electrons. The van der Waals surface area contributed by atoms with Crippen LogP contribution in [-0.2, 0) is 10.0 Å². The van der Waals surface area contributed by atoms with Crippen molar-refractivity contribution in [2.75, 3.05) is 18.8 Å². The molecule has 0 spiro atoms. The van der Waals surface area contributed by atoms with Gasteiger partial charge in [-0.05, 0) is 58.9 Å². The van der Waals surface area contributed by atoms with Crippen molar-refractivity contribution in [2.45, 2.75) is 9.79 Å². The third-order valence-corrected chi connectivity index (χ3v) is 6.13. The third-order valence-electron chi connectivity index (χ3n) is 3.71. The number of carbonyl (C=O) groups is 1. The predicted molar refractivity (Wildman–Crippen MR) is 106 cm³/mol. The fourth-order valence-electron chi connectivity index (χ4n) is 2.33. The van der Waals surface area contributed by atoms with Gasteiger partial charge in [-0.2, -0.15) is 0 Å². The number of rotatable bonds is 4. The van der Waals surface area contributed by atoms with Gasteiger partial charge in [0, 0.05) is 24.7 Å². The summed E-state index contributed by atoms with van der Waals surface area (Å²) in [4.78, 5) is 14.1. The maximum Gasteiger partial charge on any atom is 0.285 e. The second kappa shape index (κ2) is 7.39. The Hall–Kier alpha value is -2.51. The van der Waals surface area contributed by atoms with Crippen LogP contribution in [-0.4, -0.2) is 32.7 Å². The molecule has 0 heterocycles. The first kappa shape index (κ1) is 18.3. The van der Waals surface area contributed by atoms with Crippen molar-refractivity contribution in [1.82, 2.24) is 4.90 Å². The summed E-state index contributed by atoms with van der Waals surface area (Å²) in [6, 6.07) is 19.3. The molecule has 0 aliphatic heterocycles. The van der Waals surface area contributed by atoms with Gasteiger partial charge in [0.2, 0.25) is 0 Å². The second-order valence-electron chi connectivity index (χ2n) is 5.90. The van der Waals surface area contributed by atoms with E-state index in [1.165, 1.54) is 4.90 Å². The second-order valence-corrected chi connectivity index (χ2v) is 8.61. The third kappa shape index (κ3) is 4.17. The fraction of sp³-hybridized carbons (Fsp3) is 0.105. The number of hydrogen-bond donors (Lipinski definition) is 1. The molecular formula is C19H18N2O3S2. The Kier molecular flexibility index (Phi) is 5.20. The highest BCUT2D eigenvalue weighted by molar-refractivity contribution is 8.13. The molecule has 3 aromatic rings. The zero-order chi connectivity index (χ0) is 18.7. The summed E-state index contributed by atoms with van der Waals surface area (Å²) < 4.78 is 27.8. The van der Waals surface area contributed by atoms with E-state index in [4.69, 9.17) is 0 Å². The zero-order valence-corrected chi connectivity index (χ0v) is 16.0. The van der Waals surface area contributed by atoms with Crippen molar-refractivity contribution in [3.63, 3.8) is 0 Å². The number of carbonyl (C=O) groups excluding carboxylic acids is 1. The van der Waals surface area contributed by atoms with Gasteiger partial charge in [0.05, 0.1) is 4.90 Å². The van der Waals surface area contributed by atoms with Crippen molar-refractivity contribution >= 4 is 43.5 Å². The first-order valence-electron chi connectivity index (χ1n) is 7.86. The normalized spacial score (nSPS) is 11.3. The predicted octanol–water partition coefficient (Wildman–Crippen LogP) is 4.41. The van der Waals surface area contributed by atoms with Crippen LogP contribution in [0.2, 0.25) is 0 Å². The van der Waals surface area contributed by atoms with Crippen LogP contribution in [0.15, 0.2) is 76.5 Å². The Balaban J connectivity index is 1.79. The summed E-state index contributed by atoms with van der Waals surface area (Å²) in [5.74, 6) is 0. The van der Waals surface area contributed by atoms with E-state index >= 15 is 0 Å². The standard InChI is InChI=1S/C19H18N2O3S2/c1-21(2)19(22)25-17-10-8-16(9-11-17)20-26(23,24)18-12-7-14-5-3-4-6-15(14)13-18/h3-13,20H,1-2H3. The fourth-order valence-corrected chi connectivity index (χ4v) is 4.08. The Morgan fingerprint density at radius 1 is 0.923 bits per heavy atom. The number of thioether (sulfide) groups is 1. The van der Waals surface area contributed by atoms with Crippen molar-refractivity contribution < 1.29 is 13.2 Å². The van der Waals surface area contributed by atoms with E-state index in [2.05, 4.69) is 4.72 Å². The van der Waals surface area contributed by atoms with Crippen LogP contribution in [0.25, 0.3) is 10.8 Å². The molecule has 0 aromatic heterocycles. The lowest BCUT2D eigenvalue weighted by Crippen LogP contribution is -2.16. The van der Waals surface area contributed by atoms with Crippen LogP contribution in [0.3, 0.4) is 0 Å². The number of fused-ring (bicyclic) bond motifs is 1. The van der Waals surface area contributed by atoms with Gasteiger partial charge in [-0.15, -0.1) is 0 Å². The minimum atomic E-state index is -3.69. The molecule has 0 bridgehead atoms. The topological polar surface area (TPSA) is 66.5 Å². The monoisotopic (exact) mass is 386 g/mol. The summed E-state index contributed by atoms with van der Waals surface area (Å²) in [5.41, 5.74) is 0.444. The van der Waals surface area contributed by atoms with Crippen LogP contribution in [0.4, 0.5) is 10.5 Å². The van der Waals surface area contributed by atoms with E-state index < -0.39 is 10.0 Å². The van der Waals surface area contributed by atoms with E-state index in [-0.39, 0.29) is 10.1 Å². The summed E-state index contributed by atoms with van der Waals surface area (Å²) in [5, 5.41) is 1.76. The molecule has 0 saturated heterocycles. The van der Waals surface area contributed by atoms with Gasteiger partial charge in [-0.1, -0.05) is 30.3 Å². The summed E-state index contributed by atoms with van der Waals surface area (Å²) >= 11 is 1.09. The lowest BCUT2D eigenvalue weighted by molar-refractivity contribution is 0.241. The van der Waals surface area contributed by atoms with E-state index in [0.29, 0.717) is 5.69 Å². The van der Waals surface area contributed by atoms with Gasteiger partial charge < -0.3 is 4.90 Å². The maximum absolute atomic E-state index is 12.6. The molecular weight excluding hydrogens is 368 g/mol. The van der Waals surface area contributed by atoms with Crippen molar-refractivity contribution in [1.29, 1.82) is 0 Å². The number of benzene rings is 3. The van der Waals surface area contributed by atoms with Gasteiger partial charge in [0.25, 0.3) is 15.3 Å². The Morgan fingerprint density at radius 2 is 1.58 bits per heavy atom. The molecule has 0 unspecified atom stereocenters. The largest absolute Gasteiger partial charge is 0.339 e. The molecule has 0 aliphatic rings. The van der Waals surface area contributed by atoms with Crippen molar-refractivity contribution in [2.24, 2.45) is 0 Å². The van der Waals surface area contributed by atoms with Crippen molar-refractivity contribution in [3.05, 3.63) is 66.7 Å². The maximum atomic E-state index is 12.6. The quantitative estimate of drug-likeness (QED) is 0.674. The lowest BCUT2D eigenvalue weighted by Gasteiger charge is -2.11. The molecule has 5 nitrogen and oxygen atoms in total. The van der Waals surface area contributed by atoms with Crippen LogP contribution in [0, 0.1) is 0 Å². The lowest BCUT2D eigenvalue weighted by atomic mass is 10.1. The van der Waals surface area contributed by atoms with Crippen LogP contribution < -0.4 is 4.72 Å². The SMILES string of the molecule is CN(C)C(=O)Sc1ccc(NS(=O)(=O)c2ccc3ccccc3c2)cc1. The number of nitrogens with one attached hydrogen (secondary N) is 1. The zero-order valence-electron chi connectivity index (χ0n) is 14.3. The molecule has 26 heavy (non-hydrogen) atoms. The highest BCUT2D eigenvalue weighted by Gasteiger charge is 2.15. The van der Waals surface area contributed by atoms with Gasteiger partial charge >= 0.3 is 0 Å². The van der Waals surface area contributed by atoms with Crippen LogP contribution >= 0.6 is 11.8 Å². The smallest absolute Gasteiger partial charge is 0.285 e. The molecule has 0 saturated carbocycles. The average molecular weight is 386 g/mol. The Morgan fingerprint density at radius 3 is 2.23 bits per heavy atom. The highest BCUT2D eigenvalue weighted by Crippen LogP contribution is 2.25. The van der Waals surface area contributed by atoms with E-state index in [1.807, 2.05) is 24.3 Å². The molecule has 7 heteroatoms. The molecule has 3 aromatic carbocycles. The molecule has 0 radical (unpaired) electrons. The number of hydrogen-bond acceptors (Lipinski definition) is 4. The average Bonchev–Trinajstić information content (AvgIpc) is 2.62. The van der Waals surface area contributed by atoms with Crippen LogP contribution in [0.1, 0.15) is 0 Å². The van der Waals surface area contributed by atoms with Gasteiger partial charge in [0.1, 0.15) is 0 Å². The molecule has 0 atom stereocenters. The molecule has 3 rings (SSSR count). The number of nitrogens with zero attached hydrogens (tertiary/aromatic N) is 1. The first-order valence-corrected chi connectivity index (χ1v) is 10.2. The number of anilines is 1. The van der Waals surface area contributed by atoms with E-state index in [9.17, 15) is 13.2 Å². The van der Waals surface area contributed by atoms with Gasteiger partial charge in [0.15, 0.2) is 0 Å². The number of sulfonamides is 1. The highest BCUT2D eigenvalue weighted by atomic mass is 32.2.